The summed E-state index contributed by atoms with van der Waals surface area (Å²) in [7, 11) is 0. The zero-order chi connectivity index (χ0) is 24.5. The highest BCUT2D eigenvalue weighted by Gasteiger charge is 2.36. The average molecular weight is 537 g/mol. The Kier molecular flexibility index (Phi) is 6.97. The number of fused-ring (bicyclic) bond motifs is 1. The van der Waals surface area contributed by atoms with Crippen LogP contribution >= 0.6 is 15.9 Å². The molecule has 10 heteroatoms. The number of halogens is 4. The number of rotatable bonds is 5. The molecule has 0 saturated carbocycles. The third-order valence-electron chi connectivity index (χ3n) is 6.24. The van der Waals surface area contributed by atoms with Gasteiger partial charge in [-0.2, -0.15) is 18.3 Å². The molecule has 0 spiro atoms. The molecule has 1 aliphatic heterocycles. The van der Waals surface area contributed by atoms with Gasteiger partial charge in [-0.25, -0.2) is 0 Å². The van der Waals surface area contributed by atoms with Crippen LogP contribution in [-0.4, -0.2) is 64.2 Å². The second-order valence-electron chi connectivity index (χ2n) is 8.60. The van der Waals surface area contributed by atoms with Crippen molar-refractivity contribution in [3.05, 3.63) is 63.8 Å². The van der Waals surface area contributed by atoms with Crippen molar-refractivity contribution < 1.29 is 22.8 Å². The van der Waals surface area contributed by atoms with Gasteiger partial charge in [-0.1, -0.05) is 15.9 Å². The second-order valence-corrected chi connectivity index (χ2v) is 9.52. The van der Waals surface area contributed by atoms with Crippen LogP contribution < -0.4 is 0 Å². The van der Waals surface area contributed by atoms with E-state index in [0.29, 0.717) is 48.0 Å². The summed E-state index contributed by atoms with van der Waals surface area (Å²) in [6, 6.07) is 10.2. The Morgan fingerprint density at radius 3 is 2.47 bits per heavy atom. The number of carbonyl (C=O) groups excluding carboxylic acids is 2. The number of amides is 2. The van der Waals surface area contributed by atoms with Gasteiger partial charge < -0.3 is 9.80 Å². The van der Waals surface area contributed by atoms with E-state index in [-0.39, 0.29) is 23.9 Å². The van der Waals surface area contributed by atoms with E-state index in [2.05, 4.69) is 26.1 Å². The Hall–Kier alpha value is -2.88. The van der Waals surface area contributed by atoms with E-state index < -0.39 is 18.6 Å². The standard InChI is InChI=1S/C24H24BrF3N4O2/c1-15-19(6-7-21-20(15)12-29-30-21)23(34)32(14-24(26,27)28)13-16-8-10-31(11-9-16)22(33)17-2-4-18(25)5-3-17/h2-7,12,16H,8-11,13-14H2,1H3,(H,29,30). The summed E-state index contributed by atoms with van der Waals surface area (Å²) in [6.07, 6.45) is -1.82. The first-order valence-corrected chi connectivity index (χ1v) is 11.8. The number of hydrogen-bond acceptors (Lipinski definition) is 3. The summed E-state index contributed by atoms with van der Waals surface area (Å²) in [5, 5.41) is 7.48. The second kappa shape index (κ2) is 9.77. The van der Waals surface area contributed by atoms with Crippen molar-refractivity contribution >= 4 is 38.6 Å². The van der Waals surface area contributed by atoms with Crippen LogP contribution in [0.4, 0.5) is 13.2 Å². The maximum absolute atomic E-state index is 13.4. The number of nitrogens with zero attached hydrogens (tertiary/aromatic N) is 3. The molecule has 0 radical (unpaired) electrons. The largest absolute Gasteiger partial charge is 0.406 e. The maximum atomic E-state index is 13.4. The number of carbonyl (C=O) groups is 2. The van der Waals surface area contributed by atoms with Gasteiger partial charge in [0, 0.05) is 46.8 Å². The molecule has 1 fully saturated rings. The molecule has 4 rings (SSSR count). The van der Waals surface area contributed by atoms with Gasteiger partial charge in [-0.05, 0) is 67.6 Å². The third kappa shape index (κ3) is 5.43. The summed E-state index contributed by atoms with van der Waals surface area (Å²) in [5.41, 5.74) is 2.05. The number of H-pyrrole nitrogens is 1. The van der Waals surface area contributed by atoms with Crippen molar-refractivity contribution in [3.63, 3.8) is 0 Å². The van der Waals surface area contributed by atoms with Crippen molar-refractivity contribution in [2.75, 3.05) is 26.2 Å². The van der Waals surface area contributed by atoms with E-state index in [4.69, 9.17) is 0 Å². The molecule has 2 heterocycles. The molecule has 1 N–H and O–H groups in total. The maximum Gasteiger partial charge on any atom is 0.406 e. The number of aromatic amines is 1. The molecule has 2 aromatic carbocycles. The van der Waals surface area contributed by atoms with Gasteiger partial charge in [0.25, 0.3) is 11.8 Å². The molecule has 3 aromatic rings. The van der Waals surface area contributed by atoms with Gasteiger partial charge >= 0.3 is 6.18 Å². The Balaban J connectivity index is 1.45. The van der Waals surface area contributed by atoms with Crippen LogP contribution in [0.5, 0.6) is 0 Å². The summed E-state index contributed by atoms with van der Waals surface area (Å²) < 4.78 is 41.0. The van der Waals surface area contributed by atoms with Crippen molar-refractivity contribution in [1.82, 2.24) is 20.0 Å². The quantitative estimate of drug-likeness (QED) is 0.487. The van der Waals surface area contributed by atoms with Crippen molar-refractivity contribution in [1.29, 1.82) is 0 Å². The van der Waals surface area contributed by atoms with E-state index >= 15 is 0 Å². The number of nitrogens with one attached hydrogen (secondary N) is 1. The van der Waals surface area contributed by atoms with E-state index in [1.54, 1.807) is 48.4 Å². The van der Waals surface area contributed by atoms with Crippen LogP contribution in [-0.2, 0) is 0 Å². The Morgan fingerprint density at radius 1 is 1.15 bits per heavy atom. The summed E-state index contributed by atoms with van der Waals surface area (Å²) in [6.45, 7) is 1.26. The minimum atomic E-state index is -4.51. The highest BCUT2D eigenvalue weighted by atomic mass is 79.9. The van der Waals surface area contributed by atoms with Crippen LogP contribution in [0.3, 0.4) is 0 Å². The predicted octanol–water partition coefficient (Wildman–Crippen LogP) is 5.19. The fourth-order valence-corrected chi connectivity index (χ4v) is 4.67. The Labute approximate surface area is 203 Å². The molecular formula is C24H24BrF3N4O2. The lowest BCUT2D eigenvalue weighted by Crippen LogP contribution is -2.45. The number of benzene rings is 2. The number of aromatic nitrogens is 2. The van der Waals surface area contributed by atoms with Crippen LogP contribution in [0.15, 0.2) is 47.1 Å². The van der Waals surface area contributed by atoms with Gasteiger partial charge in [-0.3, -0.25) is 14.7 Å². The Morgan fingerprint density at radius 2 is 1.82 bits per heavy atom. The molecule has 0 atom stereocenters. The fourth-order valence-electron chi connectivity index (χ4n) is 4.40. The number of aryl methyl sites for hydroxylation is 1. The molecule has 180 valence electrons. The summed E-state index contributed by atoms with van der Waals surface area (Å²) in [5.74, 6) is -0.872. The van der Waals surface area contributed by atoms with Crippen molar-refractivity contribution in [3.8, 4) is 0 Å². The van der Waals surface area contributed by atoms with E-state index in [0.717, 1.165) is 9.37 Å². The molecule has 34 heavy (non-hydrogen) atoms. The van der Waals surface area contributed by atoms with Gasteiger partial charge in [-0.15, -0.1) is 0 Å². The SMILES string of the molecule is Cc1c(C(=O)N(CC2CCN(C(=O)c3ccc(Br)cc3)CC2)CC(F)(F)F)ccc2n[nH]cc12. The third-order valence-corrected chi connectivity index (χ3v) is 6.77. The molecule has 1 saturated heterocycles. The lowest BCUT2D eigenvalue weighted by molar-refractivity contribution is -0.142. The molecule has 0 bridgehead atoms. The number of hydrogen-bond donors (Lipinski definition) is 1. The molecule has 6 nitrogen and oxygen atoms in total. The van der Waals surface area contributed by atoms with Gasteiger partial charge in [0.15, 0.2) is 0 Å². The fraction of sp³-hybridized carbons (Fsp3) is 0.375. The van der Waals surface area contributed by atoms with Gasteiger partial charge in [0.2, 0.25) is 0 Å². The van der Waals surface area contributed by atoms with Gasteiger partial charge in [0.05, 0.1) is 5.52 Å². The molecule has 1 aromatic heterocycles. The van der Waals surface area contributed by atoms with Crippen molar-refractivity contribution in [2.45, 2.75) is 25.9 Å². The topological polar surface area (TPSA) is 69.3 Å². The molecule has 1 aliphatic rings. The van der Waals surface area contributed by atoms with Crippen LogP contribution in [0, 0.1) is 12.8 Å². The van der Waals surface area contributed by atoms with E-state index in [1.165, 1.54) is 6.07 Å². The molecule has 0 unspecified atom stereocenters. The number of likely N-dealkylation sites (tertiary alicyclic amines) is 1. The summed E-state index contributed by atoms with van der Waals surface area (Å²) in [4.78, 5) is 28.5. The lowest BCUT2D eigenvalue weighted by atomic mass is 9.95. The first-order valence-electron chi connectivity index (χ1n) is 11.0. The molecule has 2 amide bonds. The first kappa shape index (κ1) is 24.3. The molecule has 0 aliphatic carbocycles. The van der Waals surface area contributed by atoms with Crippen molar-refractivity contribution in [2.24, 2.45) is 5.92 Å². The normalized spacial score (nSPS) is 15.0. The van der Waals surface area contributed by atoms with Crippen LogP contribution in [0.1, 0.15) is 39.1 Å². The zero-order valence-electron chi connectivity index (χ0n) is 18.5. The predicted molar refractivity (Wildman–Crippen MR) is 126 cm³/mol. The smallest absolute Gasteiger partial charge is 0.339 e. The summed E-state index contributed by atoms with van der Waals surface area (Å²) >= 11 is 3.34. The van der Waals surface area contributed by atoms with E-state index in [9.17, 15) is 22.8 Å². The average Bonchev–Trinajstić information content (AvgIpc) is 3.28. The van der Waals surface area contributed by atoms with Gasteiger partial charge in [0.1, 0.15) is 6.54 Å². The number of piperidine rings is 1. The zero-order valence-corrected chi connectivity index (χ0v) is 20.1. The number of alkyl halides is 3. The first-order chi connectivity index (χ1) is 16.1. The lowest BCUT2D eigenvalue weighted by Gasteiger charge is -2.35. The van der Waals surface area contributed by atoms with Crippen LogP contribution in [0.25, 0.3) is 10.9 Å². The Bertz CT molecular complexity index is 1190. The highest BCUT2D eigenvalue weighted by molar-refractivity contribution is 9.10. The van der Waals surface area contributed by atoms with Crippen LogP contribution in [0.2, 0.25) is 0 Å². The minimum Gasteiger partial charge on any atom is -0.339 e. The van der Waals surface area contributed by atoms with E-state index in [1.807, 2.05) is 0 Å². The minimum absolute atomic E-state index is 0.0124. The molecular weight excluding hydrogens is 513 g/mol. The highest BCUT2D eigenvalue weighted by Crippen LogP contribution is 2.27. The monoisotopic (exact) mass is 536 g/mol.